The van der Waals surface area contributed by atoms with E-state index in [4.69, 9.17) is 0 Å². The third-order valence-corrected chi connectivity index (χ3v) is 7.02. The minimum Gasteiger partial charge on any atom is -0.296 e. The van der Waals surface area contributed by atoms with E-state index in [9.17, 15) is 12.8 Å². The highest BCUT2D eigenvalue weighted by molar-refractivity contribution is 9.10. The summed E-state index contributed by atoms with van der Waals surface area (Å²) in [6.45, 7) is 2.90. The van der Waals surface area contributed by atoms with Gasteiger partial charge in [-0.15, -0.1) is 0 Å². The van der Waals surface area contributed by atoms with Crippen molar-refractivity contribution in [1.29, 1.82) is 0 Å². The molecule has 1 aliphatic heterocycles. The molecular formula is C17H18BrFN2O2S. The number of nitrogens with zero attached hydrogens (tertiary/aromatic N) is 2. The third-order valence-electron chi connectivity index (χ3n) is 4.11. The molecule has 0 radical (unpaired) electrons. The van der Waals surface area contributed by atoms with Gasteiger partial charge in [0, 0.05) is 37.2 Å². The van der Waals surface area contributed by atoms with Gasteiger partial charge in [0.25, 0.3) is 0 Å². The quantitative estimate of drug-likeness (QED) is 0.774. The molecule has 3 rings (SSSR count). The second-order valence-corrected chi connectivity index (χ2v) is 8.50. The number of hydrogen-bond donors (Lipinski definition) is 0. The average Bonchev–Trinajstić information content (AvgIpc) is 2.58. The monoisotopic (exact) mass is 412 g/mol. The zero-order chi connectivity index (χ0) is 17.2. The van der Waals surface area contributed by atoms with Gasteiger partial charge >= 0.3 is 0 Å². The average molecular weight is 413 g/mol. The molecule has 4 nitrogen and oxygen atoms in total. The largest absolute Gasteiger partial charge is 0.296 e. The maximum absolute atomic E-state index is 13.0. The molecule has 0 unspecified atom stereocenters. The van der Waals surface area contributed by atoms with Gasteiger partial charge in [0.1, 0.15) is 5.82 Å². The van der Waals surface area contributed by atoms with Crippen LogP contribution in [-0.4, -0.2) is 43.8 Å². The molecule has 24 heavy (non-hydrogen) atoms. The van der Waals surface area contributed by atoms with Crippen molar-refractivity contribution in [1.82, 2.24) is 9.21 Å². The Bertz CT molecular complexity index is 804. The highest BCUT2D eigenvalue weighted by atomic mass is 79.9. The van der Waals surface area contributed by atoms with Crippen LogP contribution in [0.2, 0.25) is 0 Å². The summed E-state index contributed by atoms with van der Waals surface area (Å²) in [7, 11) is -3.48. The predicted octanol–water partition coefficient (Wildman–Crippen LogP) is 3.09. The van der Waals surface area contributed by atoms with Gasteiger partial charge in [-0.1, -0.05) is 24.3 Å². The molecule has 0 aromatic heterocycles. The van der Waals surface area contributed by atoms with Crippen LogP contribution >= 0.6 is 15.9 Å². The first-order valence-electron chi connectivity index (χ1n) is 7.68. The summed E-state index contributed by atoms with van der Waals surface area (Å²) in [5.74, 6) is -0.247. The Labute approximate surface area is 150 Å². The van der Waals surface area contributed by atoms with E-state index < -0.39 is 10.0 Å². The van der Waals surface area contributed by atoms with E-state index in [1.54, 1.807) is 36.4 Å². The Morgan fingerprint density at radius 2 is 1.58 bits per heavy atom. The Morgan fingerprint density at radius 3 is 2.21 bits per heavy atom. The predicted molar refractivity (Wildman–Crippen MR) is 94.6 cm³/mol. The van der Waals surface area contributed by atoms with Gasteiger partial charge in [0.15, 0.2) is 0 Å². The summed E-state index contributed by atoms with van der Waals surface area (Å²) >= 11 is 3.31. The summed E-state index contributed by atoms with van der Waals surface area (Å²) in [4.78, 5) is 2.48. The molecule has 1 heterocycles. The standard InChI is InChI=1S/C17H18BrFN2O2S/c18-16-3-1-2-4-17(16)24(22,23)21-11-9-20(10-12-21)13-14-5-7-15(19)8-6-14/h1-8H,9-13H2. The minimum atomic E-state index is -3.48. The van der Waals surface area contributed by atoms with E-state index in [-0.39, 0.29) is 5.82 Å². The zero-order valence-electron chi connectivity index (χ0n) is 13.0. The third kappa shape index (κ3) is 3.85. The van der Waals surface area contributed by atoms with E-state index in [2.05, 4.69) is 20.8 Å². The van der Waals surface area contributed by atoms with Gasteiger partial charge in [-0.3, -0.25) is 4.90 Å². The number of halogens is 2. The van der Waals surface area contributed by atoms with Crippen molar-refractivity contribution < 1.29 is 12.8 Å². The topological polar surface area (TPSA) is 40.6 Å². The molecule has 0 amide bonds. The molecule has 1 fully saturated rings. The summed E-state index contributed by atoms with van der Waals surface area (Å²) in [6, 6.07) is 13.3. The first kappa shape index (κ1) is 17.5. The SMILES string of the molecule is O=S(=O)(c1ccccc1Br)N1CCN(Cc2ccc(F)cc2)CC1. The lowest BCUT2D eigenvalue weighted by Crippen LogP contribution is -2.48. The lowest BCUT2D eigenvalue weighted by atomic mass is 10.2. The molecule has 7 heteroatoms. The summed E-state index contributed by atoms with van der Waals surface area (Å²) < 4.78 is 40.5. The van der Waals surface area contributed by atoms with Gasteiger partial charge in [-0.2, -0.15) is 4.31 Å². The number of hydrogen-bond acceptors (Lipinski definition) is 3. The fourth-order valence-corrected chi connectivity index (χ4v) is 5.15. The lowest BCUT2D eigenvalue weighted by Gasteiger charge is -2.34. The van der Waals surface area contributed by atoms with Crippen LogP contribution in [0.5, 0.6) is 0 Å². The molecule has 1 saturated heterocycles. The second kappa shape index (κ2) is 7.31. The van der Waals surface area contributed by atoms with Gasteiger partial charge < -0.3 is 0 Å². The van der Waals surface area contributed by atoms with Crippen LogP contribution in [0.1, 0.15) is 5.56 Å². The lowest BCUT2D eigenvalue weighted by molar-refractivity contribution is 0.181. The fraction of sp³-hybridized carbons (Fsp3) is 0.294. The first-order valence-corrected chi connectivity index (χ1v) is 9.91. The van der Waals surface area contributed by atoms with Crippen LogP contribution in [0.25, 0.3) is 0 Å². The zero-order valence-corrected chi connectivity index (χ0v) is 15.4. The normalized spacial score (nSPS) is 17.1. The Balaban J connectivity index is 1.64. The number of benzene rings is 2. The highest BCUT2D eigenvalue weighted by Gasteiger charge is 2.29. The molecule has 0 atom stereocenters. The van der Waals surface area contributed by atoms with E-state index >= 15 is 0 Å². The molecule has 2 aromatic rings. The molecule has 0 spiro atoms. The molecule has 2 aromatic carbocycles. The second-order valence-electron chi connectivity index (χ2n) is 5.74. The van der Waals surface area contributed by atoms with Crippen molar-refractivity contribution in [2.24, 2.45) is 0 Å². The minimum absolute atomic E-state index is 0.247. The Hall–Kier alpha value is -1.28. The van der Waals surface area contributed by atoms with Crippen LogP contribution in [0.3, 0.4) is 0 Å². The Kier molecular flexibility index (Phi) is 5.34. The Morgan fingerprint density at radius 1 is 0.958 bits per heavy atom. The van der Waals surface area contributed by atoms with Crippen molar-refractivity contribution in [3.05, 3.63) is 64.4 Å². The van der Waals surface area contributed by atoms with E-state index in [1.807, 2.05) is 0 Å². The van der Waals surface area contributed by atoms with Crippen LogP contribution in [-0.2, 0) is 16.6 Å². The van der Waals surface area contributed by atoms with Gasteiger partial charge in [0.2, 0.25) is 10.0 Å². The van der Waals surface area contributed by atoms with Crippen LogP contribution in [0, 0.1) is 5.82 Å². The van der Waals surface area contributed by atoms with Gasteiger partial charge in [0.05, 0.1) is 4.90 Å². The highest BCUT2D eigenvalue weighted by Crippen LogP contribution is 2.25. The molecule has 128 valence electrons. The van der Waals surface area contributed by atoms with Gasteiger partial charge in [-0.25, -0.2) is 12.8 Å². The van der Waals surface area contributed by atoms with E-state index in [0.717, 1.165) is 5.56 Å². The summed E-state index contributed by atoms with van der Waals surface area (Å²) in [5, 5.41) is 0. The number of sulfonamides is 1. The van der Waals surface area contributed by atoms with Crippen molar-refractivity contribution in [2.75, 3.05) is 26.2 Å². The maximum Gasteiger partial charge on any atom is 0.244 e. The first-order chi connectivity index (χ1) is 11.5. The number of rotatable bonds is 4. The molecular weight excluding hydrogens is 395 g/mol. The van der Waals surface area contributed by atoms with Gasteiger partial charge in [-0.05, 0) is 45.8 Å². The van der Waals surface area contributed by atoms with Crippen LogP contribution in [0.15, 0.2) is 57.9 Å². The summed E-state index contributed by atoms with van der Waals surface area (Å²) in [5.41, 5.74) is 1.03. The van der Waals surface area contributed by atoms with Crippen molar-refractivity contribution in [2.45, 2.75) is 11.4 Å². The van der Waals surface area contributed by atoms with Crippen molar-refractivity contribution in [3.63, 3.8) is 0 Å². The summed E-state index contributed by atoms with van der Waals surface area (Å²) in [6.07, 6.45) is 0. The molecule has 0 aliphatic carbocycles. The van der Waals surface area contributed by atoms with E-state index in [0.29, 0.717) is 42.1 Å². The fourth-order valence-electron chi connectivity index (χ4n) is 2.77. The smallest absolute Gasteiger partial charge is 0.244 e. The maximum atomic E-state index is 13.0. The molecule has 0 bridgehead atoms. The van der Waals surface area contributed by atoms with E-state index in [1.165, 1.54) is 16.4 Å². The molecule has 0 saturated carbocycles. The van der Waals surface area contributed by atoms with Crippen molar-refractivity contribution >= 4 is 26.0 Å². The van der Waals surface area contributed by atoms with Crippen LogP contribution in [0.4, 0.5) is 4.39 Å². The molecule has 0 N–H and O–H groups in total. The van der Waals surface area contributed by atoms with Crippen LogP contribution < -0.4 is 0 Å². The number of piperazine rings is 1. The molecule has 1 aliphatic rings. The van der Waals surface area contributed by atoms with Crippen molar-refractivity contribution in [3.8, 4) is 0 Å².